The summed E-state index contributed by atoms with van der Waals surface area (Å²) in [5.74, 6) is 0.883. The molecule has 0 radical (unpaired) electrons. The molecule has 0 amide bonds. The average molecular weight is 404 g/mol. The van der Waals surface area contributed by atoms with Crippen molar-refractivity contribution in [1.82, 2.24) is 4.98 Å². The molecule has 0 spiro atoms. The van der Waals surface area contributed by atoms with Crippen molar-refractivity contribution in [1.29, 1.82) is 0 Å². The zero-order valence-corrected chi connectivity index (χ0v) is 17.0. The average Bonchev–Trinajstić information content (AvgIpc) is 3.24. The van der Waals surface area contributed by atoms with Crippen LogP contribution in [0.4, 0.5) is 0 Å². The van der Waals surface area contributed by atoms with Crippen LogP contribution < -0.4 is 9.47 Å². The summed E-state index contributed by atoms with van der Waals surface area (Å²) < 4.78 is 16.0. The van der Waals surface area contributed by atoms with Gasteiger partial charge in [-0.15, -0.1) is 0 Å². The molecule has 2 aromatic heterocycles. The minimum absolute atomic E-state index is 0.0667. The Morgan fingerprint density at radius 1 is 1.21 bits per heavy atom. The maximum Gasteiger partial charge on any atom is 0.305 e. The Morgan fingerprint density at radius 2 is 2.07 bits per heavy atom. The van der Waals surface area contributed by atoms with Crippen LogP contribution in [-0.2, 0) is 9.53 Å². The number of ether oxygens (including phenoxy) is 3. The third kappa shape index (κ3) is 7.15. The van der Waals surface area contributed by atoms with Crippen molar-refractivity contribution in [2.45, 2.75) is 32.6 Å². The predicted molar refractivity (Wildman–Crippen MR) is 109 cm³/mol. The number of ketones is 1. The number of rotatable bonds is 12. The van der Waals surface area contributed by atoms with Gasteiger partial charge < -0.3 is 14.2 Å². The van der Waals surface area contributed by atoms with Crippen molar-refractivity contribution in [3.63, 3.8) is 0 Å². The third-order valence-electron chi connectivity index (χ3n) is 3.87. The molecule has 0 fully saturated rings. The lowest BCUT2D eigenvalue weighted by atomic mass is 10.2. The van der Waals surface area contributed by atoms with E-state index in [0.29, 0.717) is 42.4 Å². The van der Waals surface area contributed by atoms with Crippen molar-refractivity contribution in [2.24, 2.45) is 0 Å². The number of unbranched alkanes of at least 4 members (excludes halogenated alkanes) is 2. The number of hydrogen-bond acceptors (Lipinski definition) is 7. The molecule has 0 bridgehead atoms. The highest BCUT2D eigenvalue weighted by atomic mass is 32.1. The van der Waals surface area contributed by atoms with Gasteiger partial charge in [0.25, 0.3) is 0 Å². The second kappa shape index (κ2) is 11.9. The van der Waals surface area contributed by atoms with Crippen LogP contribution in [0, 0.1) is 0 Å². The number of carbonyl (C=O) groups is 2. The van der Waals surface area contributed by atoms with E-state index in [2.05, 4.69) is 4.98 Å². The Bertz CT molecular complexity index is 786. The quantitative estimate of drug-likeness (QED) is 0.224. The smallest absolute Gasteiger partial charge is 0.305 e. The van der Waals surface area contributed by atoms with Gasteiger partial charge in [-0.1, -0.05) is 0 Å². The molecule has 2 aromatic rings. The van der Waals surface area contributed by atoms with E-state index in [1.807, 2.05) is 10.8 Å². The largest absolute Gasteiger partial charge is 0.491 e. The summed E-state index contributed by atoms with van der Waals surface area (Å²) in [6, 6.07) is 3.53. The molecule has 2 heterocycles. The molecular formula is C21H25NO5S. The Labute approximate surface area is 169 Å². The summed E-state index contributed by atoms with van der Waals surface area (Å²) in [6.45, 7) is 2.72. The number of aromatic nitrogens is 1. The zero-order chi connectivity index (χ0) is 20.2. The monoisotopic (exact) mass is 403 g/mol. The predicted octanol–water partition coefficient (Wildman–Crippen LogP) is 4.55. The molecule has 0 atom stereocenters. The van der Waals surface area contributed by atoms with E-state index in [9.17, 15) is 9.59 Å². The highest BCUT2D eigenvalue weighted by molar-refractivity contribution is 7.08. The molecule has 0 aliphatic heterocycles. The molecule has 150 valence electrons. The molecular weight excluding hydrogens is 378 g/mol. The Kier molecular flexibility index (Phi) is 9.21. The first kappa shape index (κ1) is 21.6. The normalized spacial score (nSPS) is 10.8. The number of nitrogens with zero attached hydrogens (tertiary/aromatic N) is 1. The van der Waals surface area contributed by atoms with E-state index in [-0.39, 0.29) is 11.8 Å². The van der Waals surface area contributed by atoms with E-state index in [0.717, 1.165) is 19.3 Å². The van der Waals surface area contributed by atoms with Gasteiger partial charge in [0.05, 0.1) is 32.2 Å². The van der Waals surface area contributed by atoms with Crippen molar-refractivity contribution in [3.8, 4) is 11.5 Å². The summed E-state index contributed by atoms with van der Waals surface area (Å²) in [6.07, 6.45) is 7.61. The fourth-order valence-electron chi connectivity index (χ4n) is 2.42. The van der Waals surface area contributed by atoms with Gasteiger partial charge in [0.1, 0.15) is 0 Å². The SMILES string of the molecule is CCOC(=O)CCCCCOc1cc(/C=C/C(=O)c2ccsc2)ncc1OC. The lowest BCUT2D eigenvalue weighted by Crippen LogP contribution is -2.04. The molecule has 6 nitrogen and oxygen atoms in total. The Balaban J connectivity index is 1.85. The van der Waals surface area contributed by atoms with E-state index in [1.54, 1.807) is 38.4 Å². The lowest BCUT2D eigenvalue weighted by molar-refractivity contribution is -0.143. The number of allylic oxidation sites excluding steroid dienone is 1. The summed E-state index contributed by atoms with van der Waals surface area (Å²) in [4.78, 5) is 27.6. The second-order valence-corrected chi connectivity index (χ2v) is 6.71. The highest BCUT2D eigenvalue weighted by Crippen LogP contribution is 2.27. The van der Waals surface area contributed by atoms with Crippen molar-refractivity contribution in [3.05, 3.63) is 46.4 Å². The number of carbonyl (C=O) groups excluding carboxylic acids is 2. The molecule has 28 heavy (non-hydrogen) atoms. The fraction of sp³-hybridized carbons (Fsp3) is 0.381. The maximum atomic E-state index is 12.1. The van der Waals surface area contributed by atoms with E-state index >= 15 is 0 Å². The third-order valence-corrected chi connectivity index (χ3v) is 4.56. The first-order valence-electron chi connectivity index (χ1n) is 9.21. The molecule has 0 unspecified atom stereocenters. The standard InChI is InChI=1S/C21H25NO5S/c1-3-26-21(24)7-5-4-6-11-27-19-13-17(22-14-20(19)25-2)8-9-18(23)16-10-12-28-15-16/h8-10,12-15H,3-7,11H2,1-2H3/b9-8+. The van der Waals surface area contributed by atoms with Gasteiger partial charge in [0.2, 0.25) is 0 Å². The second-order valence-electron chi connectivity index (χ2n) is 5.93. The van der Waals surface area contributed by atoms with Gasteiger partial charge in [0, 0.05) is 23.4 Å². The van der Waals surface area contributed by atoms with E-state index in [4.69, 9.17) is 14.2 Å². The van der Waals surface area contributed by atoms with Gasteiger partial charge in [-0.25, -0.2) is 0 Å². The molecule has 0 aromatic carbocycles. The summed E-state index contributed by atoms with van der Waals surface area (Å²) in [5, 5.41) is 3.68. The van der Waals surface area contributed by atoms with Crippen molar-refractivity contribution < 1.29 is 23.8 Å². The zero-order valence-electron chi connectivity index (χ0n) is 16.2. The number of pyridine rings is 1. The summed E-state index contributed by atoms with van der Waals surface area (Å²) in [5.41, 5.74) is 1.27. The lowest BCUT2D eigenvalue weighted by Gasteiger charge is -2.11. The topological polar surface area (TPSA) is 74.7 Å². The molecule has 2 rings (SSSR count). The molecule has 0 N–H and O–H groups in total. The van der Waals surface area contributed by atoms with Gasteiger partial charge in [-0.3, -0.25) is 14.6 Å². The highest BCUT2D eigenvalue weighted by Gasteiger charge is 2.07. The van der Waals surface area contributed by atoms with Crippen LogP contribution in [0.5, 0.6) is 11.5 Å². The van der Waals surface area contributed by atoms with Crippen molar-refractivity contribution in [2.75, 3.05) is 20.3 Å². The minimum atomic E-state index is -0.160. The Hall–Kier alpha value is -2.67. The molecule has 0 aliphatic carbocycles. The van der Waals surface area contributed by atoms with E-state index in [1.165, 1.54) is 17.4 Å². The fourth-order valence-corrected chi connectivity index (χ4v) is 3.07. The van der Waals surface area contributed by atoms with Crippen LogP contribution in [0.1, 0.15) is 48.7 Å². The number of thiophene rings is 1. The number of hydrogen-bond donors (Lipinski definition) is 0. The number of methoxy groups -OCH3 is 1. The summed E-state index contributed by atoms with van der Waals surface area (Å²) in [7, 11) is 1.55. The molecule has 0 saturated heterocycles. The number of esters is 1. The first-order chi connectivity index (χ1) is 13.6. The van der Waals surface area contributed by atoms with Gasteiger partial charge in [-0.2, -0.15) is 11.3 Å². The summed E-state index contributed by atoms with van der Waals surface area (Å²) >= 11 is 1.48. The molecule has 0 aliphatic rings. The molecule has 7 heteroatoms. The van der Waals surface area contributed by atoms with Crippen LogP contribution >= 0.6 is 11.3 Å². The molecule has 0 saturated carbocycles. The Morgan fingerprint density at radius 3 is 2.79 bits per heavy atom. The van der Waals surface area contributed by atoms with Gasteiger partial charge in [0.15, 0.2) is 17.3 Å². The van der Waals surface area contributed by atoms with Crippen LogP contribution in [0.25, 0.3) is 6.08 Å². The first-order valence-corrected chi connectivity index (χ1v) is 10.2. The maximum absolute atomic E-state index is 12.1. The van der Waals surface area contributed by atoms with Crippen molar-refractivity contribution >= 4 is 29.2 Å². The van der Waals surface area contributed by atoms with Crippen LogP contribution in [0.3, 0.4) is 0 Å². The van der Waals surface area contributed by atoms with E-state index < -0.39 is 0 Å². The minimum Gasteiger partial charge on any atom is -0.491 e. The van der Waals surface area contributed by atoms with Gasteiger partial charge >= 0.3 is 5.97 Å². The van der Waals surface area contributed by atoms with Crippen LogP contribution in [0.2, 0.25) is 0 Å². The van der Waals surface area contributed by atoms with Crippen LogP contribution in [0.15, 0.2) is 35.2 Å². The van der Waals surface area contributed by atoms with Gasteiger partial charge in [-0.05, 0) is 49.8 Å². The van der Waals surface area contributed by atoms with Crippen LogP contribution in [-0.4, -0.2) is 37.1 Å².